The van der Waals surface area contributed by atoms with E-state index in [1.54, 1.807) is 5.57 Å². The van der Waals surface area contributed by atoms with Gasteiger partial charge in [-0.15, -0.1) is 0 Å². The molecule has 0 radical (unpaired) electrons. The average molecular weight is 457 g/mol. The first-order valence-electron chi connectivity index (χ1n) is 13.8. The van der Waals surface area contributed by atoms with Crippen molar-refractivity contribution in [3.63, 3.8) is 0 Å². The zero-order chi connectivity index (χ0) is 24.2. The molecule has 0 aromatic rings. The van der Waals surface area contributed by atoms with Crippen LogP contribution in [-0.4, -0.2) is 22.3 Å². The normalized spacial score (nSPS) is 55.3. The van der Waals surface area contributed by atoms with E-state index in [9.17, 15) is 15.0 Å². The molecule has 3 nitrogen and oxygen atoms in total. The molecule has 9 unspecified atom stereocenters. The van der Waals surface area contributed by atoms with Crippen molar-refractivity contribution in [2.75, 3.05) is 0 Å². The molecule has 33 heavy (non-hydrogen) atoms. The van der Waals surface area contributed by atoms with Gasteiger partial charge in [0.15, 0.2) is 0 Å². The highest BCUT2D eigenvalue weighted by atomic mass is 16.4. The molecule has 0 amide bonds. The zero-order valence-corrected chi connectivity index (χ0v) is 22.3. The van der Waals surface area contributed by atoms with E-state index in [2.05, 4.69) is 47.6 Å². The summed E-state index contributed by atoms with van der Waals surface area (Å²) in [6, 6.07) is 0. The van der Waals surface area contributed by atoms with Gasteiger partial charge >= 0.3 is 5.97 Å². The lowest BCUT2D eigenvalue weighted by molar-refractivity contribution is -0.203. The summed E-state index contributed by atoms with van der Waals surface area (Å²) in [6.07, 6.45) is 13.2. The van der Waals surface area contributed by atoms with Gasteiger partial charge < -0.3 is 10.2 Å². The van der Waals surface area contributed by atoms with Crippen LogP contribution in [0.25, 0.3) is 0 Å². The molecule has 0 aliphatic heterocycles. The van der Waals surface area contributed by atoms with Crippen LogP contribution in [-0.2, 0) is 4.79 Å². The van der Waals surface area contributed by atoms with E-state index < -0.39 is 11.4 Å². The van der Waals surface area contributed by atoms with Crippen LogP contribution in [0.15, 0.2) is 11.6 Å². The predicted molar refractivity (Wildman–Crippen MR) is 133 cm³/mol. The second kappa shape index (κ2) is 6.89. The number of aliphatic hydroxyl groups excluding tert-OH is 1. The summed E-state index contributed by atoms with van der Waals surface area (Å²) in [5.41, 5.74) is 1.94. The third-order valence-electron chi connectivity index (χ3n) is 13.3. The predicted octanol–water partition coefficient (Wildman–Crippen LogP) is 7.23. The van der Waals surface area contributed by atoms with E-state index in [-0.39, 0.29) is 33.2 Å². The van der Waals surface area contributed by atoms with Crippen LogP contribution in [0.5, 0.6) is 0 Å². The van der Waals surface area contributed by atoms with Crippen LogP contribution >= 0.6 is 0 Å². The summed E-state index contributed by atoms with van der Waals surface area (Å²) in [4.78, 5) is 12.2. The van der Waals surface area contributed by atoms with Crippen molar-refractivity contribution >= 4 is 5.97 Å². The molecule has 4 fully saturated rings. The summed E-state index contributed by atoms with van der Waals surface area (Å²) < 4.78 is 0. The maximum absolute atomic E-state index is 12.2. The van der Waals surface area contributed by atoms with Crippen LogP contribution in [0.3, 0.4) is 0 Å². The maximum atomic E-state index is 12.2. The van der Waals surface area contributed by atoms with Gasteiger partial charge in [-0.3, -0.25) is 4.79 Å². The first-order chi connectivity index (χ1) is 15.1. The molecule has 9 atom stereocenters. The molecule has 5 aliphatic rings. The van der Waals surface area contributed by atoms with Crippen molar-refractivity contribution in [3.8, 4) is 0 Å². The Morgan fingerprint density at radius 1 is 0.879 bits per heavy atom. The molecule has 0 aromatic heterocycles. The van der Waals surface area contributed by atoms with Crippen molar-refractivity contribution < 1.29 is 15.0 Å². The third-order valence-corrected chi connectivity index (χ3v) is 13.3. The Kier molecular flexibility index (Phi) is 4.99. The Morgan fingerprint density at radius 2 is 1.55 bits per heavy atom. The lowest BCUT2D eigenvalue weighted by Gasteiger charge is -2.71. The van der Waals surface area contributed by atoms with Gasteiger partial charge in [-0.2, -0.15) is 0 Å². The van der Waals surface area contributed by atoms with E-state index in [0.29, 0.717) is 17.8 Å². The van der Waals surface area contributed by atoms with E-state index in [0.717, 1.165) is 38.5 Å². The second-order valence-corrected chi connectivity index (χ2v) is 14.9. The van der Waals surface area contributed by atoms with E-state index in [1.165, 1.54) is 25.7 Å². The van der Waals surface area contributed by atoms with E-state index in [4.69, 9.17) is 0 Å². The first-order valence-corrected chi connectivity index (χ1v) is 13.8. The number of hydrogen-bond donors (Lipinski definition) is 2. The number of hydrogen-bond acceptors (Lipinski definition) is 2. The molecule has 186 valence electrons. The summed E-state index contributed by atoms with van der Waals surface area (Å²) in [6.45, 7) is 16.8. The highest BCUT2D eigenvalue weighted by Gasteiger charge is 2.68. The minimum atomic E-state index is -0.603. The van der Waals surface area contributed by atoms with Crippen molar-refractivity contribution in [1.82, 2.24) is 0 Å². The number of carboxylic acid groups (broad SMARTS) is 1. The molecular formula is C30H48O3. The fourth-order valence-electron chi connectivity index (χ4n) is 10.5. The molecule has 0 bridgehead atoms. The van der Waals surface area contributed by atoms with E-state index in [1.807, 2.05) is 6.92 Å². The summed E-state index contributed by atoms with van der Waals surface area (Å²) >= 11 is 0. The molecular weight excluding hydrogens is 408 g/mol. The highest BCUT2D eigenvalue weighted by molar-refractivity contribution is 5.74. The Bertz CT molecular complexity index is 889. The van der Waals surface area contributed by atoms with Crippen LogP contribution in [0.2, 0.25) is 0 Å². The fraction of sp³-hybridized carbons (Fsp3) is 0.900. The number of allylic oxidation sites excluding steroid dienone is 2. The van der Waals surface area contributed by atoms with Gasteiger partial charge in [0, 0.05) is 0 Å². The monoisotopic (exact) mass is 456 g/mol. The minimum Gasteiger partial charge on any atom is -0.481 e. The summed E-state index contributed by atoms with van der Waals surface area (Å²) in [5, 5.41) is 20.9. The molecule has 3 heteroatoms. The molecule has 0 saturated heterocycles. The third kappa shape index (κ3) is 2.87. The molecule has 4 saturated carbocycles. The van der Waals surface area contributed by atoms with Gasteiger partial charge in [0.1, 0.15) is 0 Å². The zero-order valence-electron chi connectivity index (χ0n) is 22.3. The summed E-state index contributed by atoms with van der Waals surface area (Å²) in [7, 11) is 0. The SMILES string of the molecule is CC1(C(=O)O)CCC2(C)CCC3(C)C(=CCC4C5(C)CCC(O)C(C)(C)C5CCC43C)C2C1. The van der Waals surface area contributed by atoms with Crippen molar-refractivity contribution in [2.24, 2.45) is 50.2 Å². The molecule has 5 rings (SSSR count). The number of fused-ring (bicyclic) bond motifs is 7. The molecule has 0 spiro atoms. The Hall–Kier alpha value is -0.830. The smallest absolute Gasteiger partial charge is 0.309 e. The van der Waals surface area contributed by atoms with Crippen LogP contribution in [0.1, 0.15) is 113 Å². The lowest BCUT2D eigenvalue weighted by Crippen LogP contribution is -2.64. The first kappa shape index (κ1) is 23.9. The molecule has 2 N–H and O–H groups in total. The van der Waals surface area contributed by atoms with Gasteiger partial charge in [-0.25, -0.2) is 0 Å². The highest BCUT2D eigenvalue weighted by Crippen LogP contribution is 2.75. The molecule has 0 aromatic carbocycles. The topological polar surface area (TPSA) is 57.5 Å². The number of aliphatic carboxylic acids is 1. The van der Waals surface area contributed by atoms with Crippen LogP contribution in [0, 0.1) is 50.2 Å². The van der Waals surface area contributed by atoms with Crippen LogP contribution < -0.4 is 0 Å². The van der Waals surface area contributed by atoms with Crippen molar-refractivity contribution in [2.45, 2.75) is 119 Å². The standard InChI is InChI=1S/C30H48O3/c1-25(2)21-10-13-30(7)22(28(21,5)12-11-23(25)31)9-8-19-20-18-27(4,24(32)33)15-14-26(20,3)16-17-29(19,30)6/h8,20-23,31H,9-18H2,1-7H3,(H,32,33). The van der Waals surface area contributed by atoms with Crippen LogP contribution in [0.4, 0.5) is 0 Å². The number of rotatable bonds is 1. The Balaban J connectivity index is 1.57. The quantitative estimate of drug-likeness (QED) is 0.409. The molecule has 5 aliphatic carbocycles. The molecule has 0 heterocycles. The van der Waals surface area contributed by atoms with Crippen molar-refractivity contribution in [3.05, 3.63) is 11.6 Å². The minimum absolute atomic E-state index is 0.0168. The van der Waals surface area contributed by atoms with Gasteiger partial charge in [0.25, 0.3) is 0 Å². The number of aliphatic hydroxyl groups is 1. The average Bonchev–Trinajstić information content (AvgIpc) is 2.73. The number of carbonyl (C=O) groups is 1. The van der Waals surface area contributed by atoms with Gasteiger partial charge in [-0.05, 0) is 116 Å². The Morgan fingerprint density at radius 3 is 2.21 bits per heavy atom. The van der Waals surface area contributed by atoms with E-state index >= 15 is 0 Å². The largest absolute Gasteiger partial charge is 0.481 e. The number of carboxylic acids is 1. The summed E-state index contributed by atoms with van der Waals surface area (Å²) in [5.74, 6) is 1.01. The fourth-order valence-corrected chi connectivity index (χ4v) is 10.5. The lowest BCUT2D eigenvalue weighted by atomic mass is 9.33. The second-order valence-electron chi connectivity index (χ2n) is 14.9. The van der Waals surface area contributed by atoms with Crippen molar-refractivity contribution in [1.29, 1.82) is 0 Å². The van der Waals surface area contributed by atoms with Gasteiger partial charge in [0.05, 0.1) is 11.5 Å². The maximum Gasteiger partial charge on any atom is 0.309 e. The Labute approximate surface area is 201 Å². The van der Waals surface area contributed by atoms with Gasteiger partial charge in [0.2, 0.25) is 0 Å². The van der Waals surface area contributed by atoms with Gasteiger partial charge in [-0.1, -0.05) is 53.2 Å².